The zero-order chi connectivity index (χ0) is 22.6. The lowest BCUT2D eigenvalue weighted by Crippen LogP contribution is -2.41. The highest BCUT2D eigenvalue weighted by molar-refractivity contribution is 7.92. The van der Waals surface area contributed by atoms with E-state index >= 15 is 0 Å². The number of benzene rings is 3. The molecule has 31 heavy (non-hydrogen) atoms. The van der Waals surface area contributed by atoms with E-state index in [1.165, 1.54) is 35.2 Å². The Hall–Kier alpha value is -2.25. The Kier molecular flexibility index (Phi) is 7.49. The number of anilines is 1. The second-order valence-electron chi connectivity index (χ2n) is 6.82. The van der Waals surface area contributed by atoms with Crippen molar-refractivity contribution < 1.29 is 13.2 Å². The van der Waals surface area contributed by atoms with Crippen LogP contribution in [0.5, 0.6) is 0 Å². The number of carbonyl (C=O) groups excluding carboxylic acids is 1. The van der Waals surface area contributed by atoms with Crippen molar-refractivity contribution >= 4 is 56.4 Å². The van der Waals surface area contributed by atoms with E-state index in [1.54, 1.807) is 37.4 Å². The van der Waals surface area contributed by atoms with Crippen LogP contribution in [-0.2, 0) is 21.4 Å². The van der Waals surface area contributed by atoms with Crippen LogP contribution in [0.15, 0.2) is 77.7 Å². The van der Waals surface area contributed by atoms with Gasteiger partial charge < -0.3 is 4.90 Å². The Bertz CT molecular complexity index is 1170. The van der Waals surface area contributed by atoms with Crippen molar-refractivity contribution in [2.45, 2.75) is 11.4 Å². The molecule has 0 bridgehead atoms. The normalized spacial score (nSPS) is 11.2. The van der Waals surface area contributed by atoms with Gasteiger partial charge >= 0.3 is 0 Å². The average molecular weight is 498 g/mol. The quantitative estimate of drug-likeness (QED) is 0.433. The van der Waals surface area contributed by atoms with Crippen LogP contribution in [0.25, 0.3) is 0 Å². The lowest BCUT2D eigenvalue weighted by molar-refractivity contribution is -0.128. The third-order valence-corrected chi connectivity index (χ3v) is 7.06. The minimum absolute atomic E-state index is 0.0185. The summed E-state index contributed by atoms with van der Waals surface area (Å²) in [5.74, 6) is -0.382. The molecule has 5 nitrogen and oxygen atoms in total. The lowest BCUT2D eigenvalue weighted by atomic mass is 10.2. The van der Waals surface area contributed by atoms with Gasteiger partial charge in [-0.1, -0.05) is 53.0 Å². The van der Waals surface area contributed by atoms with Crippen molar-refractivity contribution in [1.29, 1.82) is 0 Å². The van der Waals surface area contributed by atoms with E-state index < -0.39 is 16.6 Å². The molecule has 3 aromatic rings. The summed E-state index contributed by atoms with van der Waals surface area (Å²) in [5, 5.41) is 1.36. The molecule has 0 spiro atoms. The van der Waals surface area contributed by atoms with E-state index in [9.17, 15) is 13.2 Å². The minimum Gasteiger partial charge on any atom is -0.340 e. The lowest BCUT2D eigenvalue weighted by Gasteiger charge is -2.27. The van der Waals surface area contributed by atoms with Gasteiger partial charge in [0.15, 0.2) is 0 Å². The Morgan fingerprint density at radius 2 is 1.42 bits per heavy atom. The number of sulfonamides is 1. The molecule has 0 aromatic heterocycles. The number of halogens is 3. The van der Waals surface area contributed by atoms with Crippen molar-refractivity contribution in [2.24, 2.45) is 0 Å². The standard InChI is InChI=1S/C22H19Cl3N2O3S/c1-26(14-16-5-7-17(23)8-6-16)22(28)15-27(20-4-2-3-19(25)13-20)31(29,30)21-11-9-18(24)10-12-21/h2-13H,14-15H2,1H3. The fourth-order valence-electron chi connectivity index (χ4n) is 2.88. The number of amides is 1. The van der Waals surface area contributed by atoms with Gasteiger partial charge in [-0.25, -0.2) is 8.42 Å². The van der Waals surface area contributed by atoms with Crippen molar-refractivity contribution in [3.8, 4) is 0 Å². The van der Waals surface area contributed by atoms with Gasteiger partial charge in [-0.15, -0.1) is 0 Å². The summed E-state index contributed by atoms with van der Waals surface area (Å²) in [5.41, 5.74) is 1.16. The van der Waals surface area contributed by atoms with E-state index in [-0.39, 0.29) is 16.5 Å². The second-order valence-corrected chi connectivity index (χ2v) is 9.99. The number of hydrogen-bond donors (Lipinski definition) is 0. The maximum absolute atomic E-state index is 13.4. The van der Waals surface area contributed by atoms with Crippen molar-refractivity contribution in [2.75, 3.05) is 17.9 Å². The van der Waals surface area contributed by atoms with Crippen LogP contribution in [0, 0.1) is 0 Å². The molecular weight excluding hydrogens is 479 g/mol. The third kappa shape index (κ3) is 5.92. The first kappa shape index (κ1) is 23.4. The molecule has 0 aliphatic carbocycles. The molecule has 9 heteroatoms. The Morgan fingerprint density at radius 1 is 0.839 bits per heavy atom. The number of rotatable bonds is 7. The van der Waals surface area contributed by atoms with Crippen LogP contribution >= 0.6 is 34.8 Å². The van der Waals surface area contributed by atoms with Gasteiger partial charge in [0, 0.05) is 28.7 Å². The Balaban J connectivity index is 1.90. The molecular formula is C22H19Cl3N2O3S. The first-order chi connectivity index (χ1) is 14.7. The second kappa shape index (κ2) is 9.92. The van der Waals surface area contributed by atoms with Gasteiger partial charge in [0.2, 0.25) is 5.91 Å². The molecule has 1 amide bonds. The van der Waals surface area contributed by atoms with Crippen LogP contribution in [0.2, 0.25) is 15.1 Å². The van der Waals surface area contributed by atoms with Crippen LogP contribution < -0.4 is 4.31 Å². The fourth-order valence-corrected chi connectivity index (χ4v) is 4.72. The molecule has 0 saturated heterocycles. The molecule has 3 aromatic carbocycles. The summed E-state index contributed by atoms with van der Waals surface area (Å²) in [6.45, 7) is -0.0875. The van der Waals surface area contributed by atoms with E-state index in [0.29, 0.717) is 21.6 Å². The van der Waals surface area contributed by atoms with E-state index in [1.807, 2.05) is 12.1 Å². The first-order valence-corrected chi connectivity index (χ1v) is 11.8. The molecule has 162 valence electrons. The molecule has 0 atom stereocenters. The molecule has 0 N–H and O–H groups in total. The molecule has 0 heterocycles. The smallest absolute Gasteiger partial charge is 0.264 e. The van der Waals surface area contributed by atoms with Crippen LogP contribution in [-0.4, -0.2) is 32.8 Å². The summed E-state index contributed by atoms with van der Waals surface area (Å²) in [4.78, 5) is 14.4. The van der Waals surface area contributed by atoms with E-state index in [0.717, 1.165) is 9.87 Å². The predicted octanol–water partition coefficient (Wildman–Crippen LogP) is 5.50. The topological polar surface area (TPSA) is 57.7 Å². The molecule has 0 aliphatic rings. The summed E-state index contributed by atoms with van der Waals surface area (Å²) in [6.07, 6.45) is 0. The van der Waals surface area contributed by atoms with Crippen LogP contribution in [0.3, 0.4) is 0 Å². The van der Waals surface area contributed by atoms with Crippen LogP contribution in [0.4, 0.5) is 5.69 Å². The van der Waals surface area contributed by atoms with Gasteiger partial charge in [-0.05, 0) is 60.2 Å². The molecule has 3 rings (SSSR count). The van der Waals surface area contributed by atoms with Gasteiger partial charge in [0.05, 0.1) is 10.6 Å². The van der Waals surface area contributed by atoms with Crippen molar-refractivity contribution in [3.63, 3.8) is 0 Å². The van der Waals surface area contributed by atoms with Crippen LogP contribution in [0.1, 0.15) is 5.56 Å². The van der Waals surface area contributed by atoms with E-state index in [2.05, 4.69) is 0 Å². The molecule has 0 unspecified atom stereocenters. The highest BCUT2D eigenvalue weighted by atomic mass is 35.5. The predicted molar refractivity (Wildman–Crippen MR) is 125 cm³/mol. The summed E-state index contributed by atoms with van der Waals surface area (Å²) in [7, 11) is -2.43. The zero-order valence-corrected chi connectivity index (χ0v) is 19.6. The Labute approximate surface area is 196 Å². The molecule has 0 radical (unpaired) electrons. The summed E-state index contributed by atoms with van der Waals surface area (Å²) < 4.78 is 27.8. The summed E-state index contributed by atoms with van der Waals surface area (Å²) in [6, 6.07) is 19.2. The van der Waals surface area contributed by atoms with E-state index in [4.69, 9.17) is 34.8 Å². The largest absolute Gasteiger partial charge is 0.340 e. The highest BCUT2D eigenvalue weighted by Gasteiger charge is 2.28. The minimum atomic E-state index is -4.04. The molecule has 0 aliphatic heterocycles. The van der Waals surface area contributed by atoms with Gasteiger partial charge in [0.25, 0.3) is 10.0 Å². The summed E-state index contributed by atoms with van der Waals surface area (Å²) >= 11 is 17.9. The maximum atomic E-state index is 13.4. The Morgan fingerprint density at radius 3 is 2.00 bits per heavy atom. The number of carbonyl (C=O) groups is 1. The number of likely N-dealkylation sites (N-methyl/N-ethyl adjacent to an activating group) is 1. The highest BCUT2D eigenvalue weighted by Crippen LogP contribution is 2.27. The van der Waals surface area contributed by atoms with Gasteiger partial charge in [0.1, 0.15) is 6.54 Å². The average Bonchev–Trinajstić information content (AvgIpc) is 2.73. The number of hydrogen-bond acceptors (Lipinski definition) is 3. The van der Waals surface area contributed by atoms with Crippen molar-refractivity contribution in [3.05, 3.63) is 93.4 Å². The maximum Gasteiger partial charge on any atom is 0.264 e. The van der Waals surface area contributed by atoms with Crippen molar-refractivity contribution in [1.82, 2.24) is 4.90 Å². The molecule has 0 saturated carbocycles. The zero-order valence-electron chi connectivity index (χ0n) is 16.5. The van der Waals surface area contributed by atoms with Gasteiger partial charge in [-0.2, -0.15) is 0 Å². The monoisotopic (exact) mass is 496 g/mol. The first-order valence-electron chi connectivity index (χ1n) is 9.19. The molecule has 0 fully saturated rings. The van der Waals surface area contributed by atoms with Gasteiger partial charge in [-0.3, -0.25) is 9.10 Å². The number of nitrogens with zero attached hydrogens (tertiary/aromatic N) is 2. The SMILES string of the molecule is CN(Cc1ccc(Cl)cc1)C(=O)CN(c1cccc(Cl)c1)S(=O)(=O)c1ccc(Cl)cc1. The third-order valence-electron chi connectivity index (χ3n) is 4.54. The fraction of sp³-hybridized carbons (Fsp3) is 0.136.